The largest absolute Gasteiger partial charge is 0.496 e. The van der Waals surface area contributed by atoms with Gasteiger partial charge in [-0.05, 0) is 47.9 Å². The maximum Gasteiger partial charge on any atom is 0.122 e. The summed E-state index contributed by atoms with van der Waals surface area (Å²) in [5, 5.41) is 3.49. The molecule has 0 aliphatic rings. The molecular formula is C23H25NO2. The zero-order valence-electron chi connectivity index (χ0n) is 15.2. The van der Waals surface area contributed by atoms with Crippen molar-refractivity contribution in [2.24, 2.45) is 0 Å². The fourth-order valence-electron chi connectivity index (χ4n) is 2.85. The van der Waals surface area contributed by atoms with Crippen LogP contribution in [0.25, 0.3) is 0 Å². The summed E-state index contributed by atoms with van der Waals surface area (Å²) >= 11 is 0. The summed E-state index contributed by atoms with van der Waals surface area (Å²) in [5.74, 6) is 1.85. The molecule has 3 nitrogen and oxygen atoms in total. The first-order valence-corrected chi connectivity index (χ1v) is 8.93. The van der Waals surface area contributed by atoms with E-state index in [9.17, 15) is 0 Å². The molecule has 3 aromatic carbocycles. The van der Waals surface area contributed by atoms with Gasteiger partial charge in [-0.1, -0.05) is 60.7 Å². The molecular weight excluding hydrogens is 322 g/mol. The second-order valence-corrected chi connectivity index (χ2v) is 6.16. The van der Waals surface area contributed by atoms with Gasteiger partial charge >= 0.3 is 0 Å². The van der Waals surface area contributed by atoms with Crippen molar-refractivity contribution in [2.75, 3.05) is 13.7 Å². The van der Waals surface area contributed by atoms with Gasteiger partial charge in [0.05, 0.1) is 7.11 Å². The van der Waals surface area contributed by atoms with Crippen LogP contribution in [-0.2, 0) is 19.6 Å². The van der Waals surface area contributed by atoms with Crippen LogP contribution in [0, 0.1) is 0 Å². The van der Waals surface area contributed by atoms with Crippen molar-refractivity contribution in [3.8, 4) is 11.5 Å². The van der Waals surface area contributed by atoms with E-state index in [0.717, 1.165) is 31.0 Å². The summed E-state index contributed by atoms with van der Waals surface area (Å²) in [6.45, 7) is 2.30. The fraction of sp³-hybridized carbons (Fsp3) is 0.217. The Balaban J connectivity index is 1.46. The average molecular weight is 347 g/mol. The minimum absolute atomic E-state index is 0.589. The van der Waals surface area contributed by atoms with Crippen molar-refractivity contribution in [3.63, 3.8) is 0 Å². The van der Waals surface area contributed by atoms with Crippen LogP contribution in [0.15, 0.2) is 78.9 Å². The van der Waals surface area contributed by atoms with E-state index in [1.54, 1.807) is 7.11 Å². The fourth-order valence-corrected chi connectivity index (χ4v) is 2.85. The summed E-state index contributed by atoms with van der Waals surface area (Å²) in [4.78, 5) is 0. The van der Waals surface area contributed by atoms with E-state index in [1.165, 1.54) is 16.7 Å². The Labute approximate surface area is 155 Å². The molecule has 0 aromatic heterocycles. The van der Waals surface area contributed by atoms with Crippen molar-refractivity contribution in [3.05, 3.63) is 95.6 Å². The Kier molecular flexibility index (Phi) is 6.68. The highest BCUT2D eigenvalue weighted by molar-refractivity contribution is 5.33. The van der Waals surface area contributed by atoms with E-state index >= 15 is 0 Å². The number of rotatable bonds is 9. The number of hydrogen-bond acceptors (Lipinski definition) is 3. The normalized spacial score (nSPS) is 10.5. The molecule has 0 bridgehead atoms. The molecule has 0 aliphatic carbocycles. The first kappa shape index (κ1) is 18.0. The predicted octanol–water partition coefficient (Wildman–Crippen LogP) is 4.61. The van der Waals surface area contributed by atoms with Gasteiger partial charge in [0.2, 0.25) is 0 Å². The molecule has 26 heavy (non-hydrogen) atoms. The lowest BCUT2D eigenvalue weighted by Gasteiger charge is -2.10. The summed E-state index contributed by atoms with van der Waals surface area (Å²) in [6, 6.07) is 26.6. The molecule has 0 radical (unpaired) electrons. The van der Waals surface area contributed by atoms with Crippen LogP contribution in [-0.4, -0.2) is 13.7 Å². The lowest BCUT2D eigenvalue weighted by atomic mass is 10.1. The second kappa shape index (κ2) is 9.64. The third-order valence-electron chi connectivity index (χ3n) is 4.24. The second-order valence-electron chi connectivity index (χ2n) is 6.16. The Morgan fingerprint density at radius 2 is 1.58 bits per heavy atom. The molecule has 0 fully saturated rings. The number of para-hydroxylation sites is 1. The standard InChI is InChI=1S/C23H25NO2/c1-25-23-13-6-5-11-21(23)14-15-24-17-20-10-7-12-22(16-20)26-18-19-8-3-2-4-9-19/h2-13,16,24H,14-15,17-18H2,1H3. The Hall–Kier alpha value is -2.78. The van der Waals surface area contributed by atoms with Crippen LogP contribution < -0.4 is 14.8 Å². The highest BCUT2D eigenvalue weighted by Crippen LogP contribution is 2.18. The summed E-state index contributed by atoms with van der Waals surface area (Å²) in [6.07, 6.45) is 0.939. The summed E-state index contributed by atoms with van der Waals surface area (Å²) < 4.78 is 11.3. The van der Waals surface area contributed by atoms with Crippen molar-refractivity contribution < 1.29 is 9.47 Å². The van der Waals surface area contributed by atoms with Gasteiger partial charge in [-0.15, -0.1) is 0 Å². The zero-order chi connectivity index (χ0) is 18.0. The molecule has 1 N–H and O–H groups in total. The van der Waals surface area contributed by atoms with Crippen LogP contribution >= 0.6 is 0 Å². The maximum atomic E-state index is 5.89. The summed E-state index contributed by atoms with van der Waals surface area (Å²) in [7, 11) is 1.72. The number of benzene rings is 3. The quantitative estimate of drug-likeness (QED) is 0.574. The molecule has 0 aliphatic heterocycles. The Bertz CT molecular complexity index is 802. The van der Waals surface area contributed by atoms with E-state index in [0.29, 0.717) is 6.61 Å². The Morgan fingerprint density at radius 3 is 2.42 bits per heavy atom. The molecule has 0 heterocycles. The molecule has 0 unspecified atom stereocenters. The topological polar surface area (TPSA) is 30.5 Å². The van der Waals surface area contributed by atoms with Gasteiger partial charge < -0.3 is 14.8 Å². The summed E-state index contributed by atoms with van der Waals surface area (Å²) in [5.41, 5.74) is 3.62. The van der Waals surface area contributed by atoms with Crippen LogP contribution in [0.3, 0.4) is 0 Å². The van der Waals surface area contributed by atoms with E-state index in [4.69, 9.17) is 9.47 Å². The van der Waals surface area contributed by atoms with Crippen molar-refractivity contribution in [1.82, 2.24) is 5.32 Å². The third-order valence-corrected chi connectivity index (χ3v) is 4.24. The van der Waals surface area contributed by atoms with Gasteiger partial charge in [-0.25, -0.2) is 0 Å². The van der Waals surface area contributed by atoms with Gasteiger partial charge in [0.25, 0.3) is 0 Å². The molecule has 0 saturated carbocycles. The number of ether oxygens (including phenoxy) is 2. The average Bonchev–Trinajstić information content (AvgIpc) is 2.71. The van der Waals surface area contributed by atoms with Crippen molar-refractivity contribution in [1.29, 1.82) is 0 Å². The third kappa shape index (κ3) is 5.36. The zero-order valence-corrected chi connectivity index (χ0v) is 15.2. The number of methoxy groups -OCH3 is 1. The molecule has 3 aromatic rings. The van der Waals surface area contributed by atoms with Gasteiger partial charge in [-0.2, -0.15) is 0 Å². The molecule has 0 atom stereocenters. The number of hydrogen-bond donors (Lipinski definition) is 1. The van der Waals surface area contributed by atoms with Gasteiger partial charge in [0, 0.05) is 6.54 Å². The first-order valence-electron chi connectivity index (χ1n) is 8.93. The molecule has 3 heteroatoms. The van der Waals surface area contributed by atoms with E-state index in [2.05, 4.69) is 35.6 Å². The molecule has 0 saturated heterocycles. The lowest BCUT2D eigenvalue weighted by Crippen LogP contribution is -2.17. The van der Waals surface area contributed by atoms with Gasteiger partial charge in [0.15, 0.2) is 0 Å². The van der Waals surface area contributed by atoms with E-state index in [-0.39, 0.29) is 0 Å². The molecule has 134 valence electrons. The van der Waals surface area contributed by atoms with Crippen LogP contribution in [0.5, 0.6) is 11.5 Å². The van der Waals surface area contributed by atoms with Crippen LogP contribution in [0.4, 0.5) is 0 Å². The highest BCUT2D eigenvalue weighted by atomic mass is 16.5. The monoisotopic (exact) mass is 347 g/mol. The lowest BCUT2D eigenvalue weighted by molar-refractivity contribution is 0.306. The number of nitrogens with one attached hydrogen (secondary N) is 1. The van der Waals surface area contributed by atoms with E-state index in [1.807, 2.05) is 48.5 Å². The Morgan fingerprint density at radius 1 is 0.808 bits per heavy atom. The SMILES string of the molecule is COc1ccccc1CCNCc1cccc(OCc2ccccc2)c1. The van der Waals surface area contributed by atoms with Crippen molar-refractivity contribution in [2.45, 2.75) is 19.6 Å². The van der Waals surface area contributed by atoms with Gasteiger partial charge in [0.1, 0.15) is 18.1 Å². The molecule has 0 amide bonds. The minimum atomic E-state index is 0.589. The van der Waals surface area contributed by atoms with Gasteiger partial charge in [-0.3, -0.25) is 0 Å². The van der Waals surface area contributed by atoms with Crippen molar-refractivity contribution >= 4 is 0 Å². The highest BCUT2D eigenvalue weighted by Gasteiger charge is 2.02. The maximum absolute atomic E-state index is 5.89. The molecule has 3 rings (SSSR count). The van der Waals surface area contributed by atoms with Crippen LogP contribution in [0.1, 0.15) is 16.7 Å². The smallest absolute Gasteiger partial charge is 0.122 e. The minimum Gasteiger partial charge on any atom is -0.496 e. The van der Waals surface area contributed by atoms with E-state index < -0.39 is 0 Å². The van der Waals surface area contributed by atoms with Crippen LogP contribution in [0.2, 0.25) is 0 Å². The molecule has 0 spiro atoms. The predicted molar refractivity (Wildman–Crippen MR) is 106 cm³/mol. The first-order chi connectivity index (χ1) is 12.8.